The molecule has 1 aliphatic rings. The third kappa shape index (κ3) is 3.69. The number of rotatable bonds is 3. The molecule has 5 rings (SSSR count). The topological polar surface area (TPSA) is 42.3 Å². The van der Waals surface area contributed by atoms with Crippen molar-refractivity contribution >= 4 is 70.4 Å². The Bertz CT molecular complexity index is 1490. The molecule has 0 saturated carbocycles. The molecule has 4 nitrogen and oxygen atoms in total. The van der Waals surface area contributed by atoms with E-state index in [9.17, 15) is 9.59 Å². The lowest BCUT2D eigenvalue weighted by atomic mass is 9.89. The monoisotopic (exact) mass is 470 g/mol. The zero-order valence-electron chi connectivity index (χ0n) is 18.4. The van der Waals surface area contributed by atoms with Crippen molar-refractivity contribution in [2.24, 2.45) is 0 Å². The van der Waals surface area contributed by atoms with Crippen molar-refractivity contribution in [3.8, 4) is 5.69 Å². The molecule has 2 amide bonds. The minimum Gasteiger partial charge on any atom is -0.317 e. The normalized spacial score (nSPS) is 15.2. The van der Waals surface area contributed by atoms with Gasteiger partial charge in [-0.3, -0.25) is 9.59 Å². The molecular weight excluding hydrogens is 451 g/mol. The van der Waals surface area contributed by atoms with Crippen LogP contribution in [0.1, 0.15) is 17.0 Å². The quantitative estimate of drug-likeness (QED) is 0.297. The molecule has 4 aromatic rings. The number of carbonyl (C=O) groups is 2. The Hall–Kier alpha value is -3.22. The Morgan fingerprint density at radius 1 is 0.939 bits per heavy atom. The number of aryl methyl sites for hydroxylation is 1. The Balaban J connectivity index is 1.57. The molecule has 33 heavy (non-hydrogen) atoms. The molecule has 0 radical (unpaired) electrons. The Kier molecular flexibility index (Phi) is 5.43. The first kappa shape index (κ1) is 21.6. The number of anilines is 1. The Labute approximate surface area is 202 Å². The van der Waals surface area contributed by atoms with E-state index in [1.54, 1.807) is 24.3 Å². The van der Waals surface area contributed by atoms with E-state index in [4.69, 9.17) is 11.6 Å². The minimum atomic E-state index is -0.335. The molecule has 1 fully saturated rings. The van der Waals surface area contributed by atoms with Gasteiger partial charge in [0.1, 0.15) is 7.85 Å². The highest BCUT2D eigenvalue weighted by atomic mass is 35.5. The average Bonchev–Trinajstić information content (AvgIpc) is 3.23. The number of carbonyl (C=O) groups excluding carboxylic acids is 2. The van der Waals surface area contributed by atoms with Crippen molar-refractivity contribution in [2.75, 3.05) is 4.90 Å². The first-order chi connectivity index (χ1) is 15.8. The second-order valence-electron chi connectivity index (χ2n) is 8.11. The fraction of sp³-hybridized carbons (Fsp3) is 0.0769. The van der Waals surface area contributed by atoms with E-state index >= 15 is 0 Å². The molecule has 1 aliphatic heterocycles. The molecule has 0 aliphatic carbocycles. The standard InChI is InChI=1S/C26H20BClN2O2S/c1-15-12-17(13-24-25(31)30(26(32)33-24)19-7-5-6-18(28)14-19)16(2)29(15)23-11-10-22(27)20-8-3-4-9-21(20)23/h3-14H,27H2,1-2H3. The van der Waals surface area contributed by atoms with Gasteiger partial charge in [0.15, 0.2) is 0 Å². The maximum Gasteiger partial charge on any atom is 0.298 e. The first-order valence-corrected chi connectivity index (χ1v) is 11.8. The van der Waals surface area contributed by atoms with Gasteiger partial charge < -0.3 is 4.57 Å². The SMILES string of the molecule is Bc1ccc(-n2c(C)cc(C=C3SC(=O)N(c4cccc(Cl)c4)C3=O)c2C)c2ccccc12. The molecule has 7 heteroatoms. The average molecular weight is 471 g/mol. The van der Waals surface area contributed by atoms with Crippen LogP contribution in [-0.2, 0) is 4.79 Å². The van der Waals surface area contributed by atoms with Gasteiger partial charge in [-0.1, -0.05) is 53.5 Å². The highest BCUT2D eigenvalue weighted by Crippen LogP contribution is 2.37. The predicted octanol–water partition coefficient (Wildman–Crippen LogP) is 5.40. The van der Waals surface area contributed by atoms with Gasteiger partial charge in [0, 0.05) is 21.8 Å². The third-order valence-corrected chi connectivity index (χ3v) is 7.08. The van der Waals surface area contributed by atoms with Gasteiger partial charge >= 0.3 is 0 Å². The number of amides is 2. The van der Waals surface area contributed by atoms with Gasteiger partial charge in [0.05, 0.1) is 16.3 Å². The Morgan fingerprint density at radius 2 is 1.70 bits per heavy atom. The summed E-state index contributed by atoms with van der Waals surface area (Å²) in [7, 11) is 2.11. The minimum absolute atomic E-state index is 0.327. The highest BCUT2D eigenvalue weighted by Gasteiger charge is 2.36. The summed E-state index contributed by atoms with van der Waals surface area (Å²) in [5.41, 5.74) is 5.78. The van der Waals surface area contributed by atoms with E-state index in [0.29, 0.717) is 15.6 Å². The van der Waals surface area contributed by atoms with Crippen molar-refractivity contribution in [3.05, 3.63) is 93.6 Å². The molecule has 0 spiro atoms. The van der Waals surface area contributed by atoms with Crippen molar-refractivity contribution in [2.45, 2.75) is 13.8 Å². The van der Waals surface area contributed by atoms with Gasteiger partial charge in [0.2, 0.25) is 0 Å². The summed E-state index contributed by atoms with van der Waals surface area (Å²) in [5.74, 6) is -0.335. The van der Waals surface area contributed by atoms with E-state index in [0.717, 1.165) is 34.4 Å². The molecule has 0 bridgehead atoms. The van der Waals surface area contributed by atoms with Crippen LogP contribution in [0.4, 0.5) is 10.5 Å². The highest BCUT2D eigenvalue weighted by molar-refractivity contribution is 8.19. The largest absolute Gasteiger partial charge is 0.317 e. The summed E-state index contributed by atoms with van der Waals surface area (Å²) >= 11 is 7.01. The van der Waals surface area contributed by atoms with Gasteiger partial charge in [-0.05, 0) is 73.0 Å². The molecule has 2 heterocycles. The molecule has 0 unspecified atom stereocenters. The Morgan fingerprint density at radius 3 is 2.45 bits per heavy atom. The number of hydrogen-bond acceptors (Lipinski definition) is 3. The van der Waals surface area contributed by atoms with Crippen LogP contribution < -0.4 is 10.4 Å². The van der Waals surface area contributed by atoms with Crippen LogP contribution in [0.15, 0.2) is 71.6 Å². The molecule has 0 atom stereocenters. The van der Waals surface area contributed by atoms with Crippen LogP contribution in [0.3, 0.4) is 0 Å². The number of fused-ring (bicyclic) bond motifs is 1. The number of aromatic nitrogens is 1. The van der Waals surface area contributed by atoms with Crippen LogP contribution in [0, 0.1) is 13.8 Å². The zero-order valence-corrected chi connectivity index (χ0v) is 20.0. The maximum absolute atomic E-state index is 13.1. The molecule has 162 valence electrons. The van der Waals surface area contributed by atoms with Crippen LogP contribution in [0.25, 0.3) is 22.5 Å². The smallest absolute Gasteiger partial charge is 0.298 e. The number of halogens is 1. The lowest BCUT2D eigenvalue weighted by Crippen LogP contribution is -2.27. The van der Waals surface area contributed by atoms with Crippen LogP contribution in [0.5, 0.6) is 0 Å². The lowest BCUT2D eigenvalue weighted by Gasteiger charge is -2.14. The molecule has 1 saturated heterocycles. The number of nitrogens with zero attached hydrogens (tertiary/aromatic N) is 2. The van der Waals surface area contributed by atoms with E-state index < -0.39 is 0 Å². The molecule has 3 aromatic carbocycles. The first-order valence-electron chi connectivity index (χ1n) is 10.6. The summed E-state index contributed by atoms with van der Waals surface area (Å²) in [6.45, 7) is 4.09. The lowest BCUT2D eigenvalue weighted by molar-refractivity contribution is -0.113. The zero-order chi connectivity index (χ0) is 23.3. The number of benzene rings is 3. The van der Waals surface area contributed by atoms with Crippen LogP contribution in [-0.4, -0.2) is 23.6 Å². The molecule has 0 N–H and O–H groups in total. The fourth-order valence-corrected chi connectivity index (χ4v) is 5.40. The van der Waals surface area contributed by atoms with Gasteiger partial charge in [-0.2, -0.15) is 0 Å². The van der Waals surface area contributed by atoms with Crippen molar-refractivity contribution < 1.29 is 9.59 Å². The molecular formula is C26H20BClN2O2S. The van der Waals surface area contributed by atoms with E-state index in [2.05, 4.69) is 55.7 Å². The van der Waals surface area contributed by atoms with Crippen LogP contribution in [0.2, 0.25) is 5.02 Å². The van der Waals surface area contributed by atoms with E-state index in [1.807, 2.05) is 19.1 Å². The van der Waals surface area contributed by atoms with E-state index in [1.165, 1.54) is 21.1 Å². The third-order valence-electron chi connectivity index (χ3n) is 5.98. The second-order valence-corrected chi connectivity index (χ2v) is 9.54. The van der Waals surface area contributed by atoms with Crippen molar-refractivity contribution in [3.63, 3.8) is 0 Å². The molecule has 1 aromatic heterocycles. The van der Waals surface area contributed by atoms with Crippen molar-refractivity contribution in [1.29, 1.82) is 0 Å². The van der Waals surface area contributed by atoms with E-state index in [-0.39, 0.29) is 11.1 Å². The summed E-state index contributed by atoms with van der Waals surface area (Å²) < 4.78 is 2.20. The predicted molar refractivity (Wildman–Crippen MR) is 141 cm³/mol. The van der Waals surface area contributed by atoms with Gasteiger partial charge in [-0.25, -0.2) is 4.90 Å². The summed E-state index contributed by atoms with van der Waals surface area (Å²) in [6, 6.07) is 21.4. The van der Waals surface area contributed by atoms with Crippen LogP contribution >= 0.6 is 23.4 Å². The maximum atomic E-state index is 13.1. The summed E-state index contributed by atoms with van der Waals surface area (Å²) in [5, 5.41) is 2.54. The summed E-state index contributed by atoms with van der Waals surface area (Å²) in [4.78, 5) is 27.3. The second kappa shape index (κ2) is 8.29. The number of thioether (sulfide) groups is 1. The van der Waals surface area contributed by atoms with Gasteiger partial charge in [-0.15, -0.1) is 0 Å². The summed E-state index contributed by atoms with van der Waals surface area (Å²) in [6.07, 6.45) is 1.81. The number of imide groups is 1. The van der Waals surface area contributed by atoms with Gasteiger partial charge in [0.25, 0.3) is 11.1 Å². The number of hydrogen-bond donors (Lipinski definition) is 0. The fourth-order valence-electron chi connectivity index (χ4n) is 4.38. The van der Waals surface area contributed by atoms with Crippen molar-refractivity contribution in [1.82, 2.24) is 4.57 Å².